The number of nitrogens with zero attached hydrogens (tertiary/aromatic N) is 2. The van der Waals surface area contributed by atoms with Gasteiger partial charge in [-0.1, -0.05) is 6.92 Å². The largest absolute Gasteiger partial charge is 0.497 e. The van der Waals surface area contributed by atoms with Gasteiger partial charge in [0.05, 0.1) is 25.3 Å². The summed E-state index contributed by atoms with van der Waals surface area (Å²) in [5.74, 6) is 1.38. The van der Waals surface area contributed by atoms with Crippen molar-refractivity contribution in [2.45, 2.75) is 13.3 Å². The Morgan fingerprint density at radius 3 is 2.50 bits per heavy atom. The normalized spacial score (nSPS) is 10.4. The van der Waals surface area contributed by atoms with Crippen molar-refractivity contribution in [2.24, 2.45) is 0 Å². The third kappa shape index (κ3) is 1.78. The second kappa shape index (κ2) is 4.35. The van der Waals surface area contributed by atoms with E-state index in [9.17, 15) is 0 Å². The van der Waals surface area contributed by atoms with E-state index in [2.05, 4.69) is 9.97 Å². The van der Waals surface area contributed by atoms with Gasteiger partial charge in [-0.3, -0.25) is 0 Å². The SMILES string of the molecule is CCc1nc2cc(OC)ccc2nc1OC. The number of benzene rings is 1. The molecule has 1 aromatic heterocycles. The molecule has 0 aliphatic carbocycles. The van der Waals surface area contributed by atoms with E-state index in [4.69, 9.17) is 9.47 Å². The average molecular weight is 218 g/mol. The van der Waals surface area contributed by atoms with Crippen LogP contribution in [-0.2, 0) is 6.42 Å². The molecule has 16 heavy (non-hydrogen) atoms. The van der Waals surface area contributed by atoms with E-state index in [0.29, 0.717) is 5.88 Å². The summed E-state index contributed by atoms with van der Waals surface area (Å²) in [6.45, 7) is 2.03. The second-order valence-corrected chi connectivity index (χ2v) is 3.39. The molecule has 0 radical (unpaired) electrons. The molecule has 4 heteroatoms. The van der Waals surface area contributed by atoms with Gasteiger partial charge in [0.25, 0.3) is 0 Å². The number of aromatic nitrogens is 2. The van der Waals surface area contributed by atoms with Crippen LogP contribution in [-0.4, -0.2) is 24.2 Å². The minimum atomic E-state index is 0.597. The molecule has 4 nitrogen and oxygen atoms in total. The third-order valence-electron chi connectivity index (χ3n) is 2.44. The summed E-state index contributed by atoms with van der Waals surface area (Å²) in [5, 5.41) is 0. The molecule has 0 amide bonds. The summed E-state index contributed by atoms with van der Waals surface area (Å²) in [5.41, 5.74) is 2.51. The molecule has 0 unspecified atom stereocenters. The Morgan fingerprint density at radius 2 is 1.88 bits per heavy atom. The van der Waals surface area contributed by atoms with Crippen LogP contribution in [0.15, 0.2) is 18.2 Å². The monoisotopic (exact) mass is 218 g/mol. The van der Waals surface area contributed by atoms with Gasteiger partial charge >= 0.3 is 0 Å². The number of fused-ring (bicyclic) bond motifs is 1. The van der Waals surface area contributed by atoms with Crippen LogP contribution in [0.5, 0.6) is 11.6 Å². The molecule has 2 rings (SSSR count). The Labute approximate surface area is 94.2 Å². The van der Waals surface area contributed by atoms with Crippen molar-refractivity contribution < 1.29 is 9.47 Å². The summed E-state index contributed by atoms with van der Waals surface area (Å²) >= 11 is 0. The summed E-state index contributed by atoms with van der Waals surface area (Å²) < 4.78 is 10.3. The molecule has 0 spiro atoms. The number of ether oxygens (including phenoxy) is 2. The molecular formula is C12H14N2O2. The van der Waals surface area contributed by atoms with Crippen molar-refractivity contribution in [3.8, 4) is 11.6 Å². The number of methoxy groups -OCH3 is 2. The Morgan fingerprint density at radius 1 is 1.06 bits per heavy atom. The lowest BCUT2D eigenvalue weighted by molar-refractivity contribution is 0.392. The van der Waals surface area contributed by atoms with E-state index < -0.39 is 0 Å². The molecule has 0 aliphatic heterocycles. The highest BCUT2D eigenvalue weighted by Crippen LogP contribution is 2.22. The first-order valence-corrected chi connectivity index (χ1v) is 5.17. The Kier molecular flexibility index (Phi) is 2.90. The van der Waals surface area contributed by atoms with Gasteiger partial charge in [0, 0.05) is 6.07 Å². The average Bonchev–Trinajstić information content (AvgIpc) is 2.36. The Balaban J connectivity index is 2.63. The quantitative estimate of drug-likeness (QED) is 0.792. The van der Waals surface area contributed by atoms with Gasteiger partial charge in [-0.2, -0.15) is 0 Å². The van der Waals surface area contributed by atoms with Crippen LogP contribution in [0.2, 0.25) is 0 Å². The predicted molar refractivity (Wildman–Crippen MR) is 62.0 cm³/mol. The van der Waals surface area contributed by atoms with E-state index >= 15 is 0 Å². The molecule has 0 atom stereocenters. The molecule has 1 aromatic carbocycles. The fourth-order valence-electron chi connectivity index (χ4n) is 1.58. The topological polar surface area (TPSA) is 44.2 Å². The van der Waals surface area contributed by atoms with Crippen molar-refractivity contribution in [3.63, 3.8) is 0 Å². The van der Waals surface area contributed by atoms with Crippen LogP contribution in [0.3, 0.4) is 0 Å². The molecule has 84 valence electrons. The predicted octanol–water partition coefficient (Wildman–Crippen LogP) is 2.21. The molecule has 1 heterocycles. The lowest BCUT2D eigenvalue weighted by Gasteiger charge is -2.07. The fraction of sp³-hybridized carbons (Fsp3) is 0.333. The first-order valence-electron chi connectivity index (χ1n) is 5.17. The van der Waals surface area contributed by atoms with Crippen molar-refractivity contribution >= 4 is 11.0 Å². The van der Waals surface area contributed by atoms with Crippen LogP contribution in [0.1, 0.15) is 12.6 Å². The highest BCUT2D eigenvalue weighted by Gasteiger charge is 2.07. The van der Waals surface area contributed by atoms with E-state index in [1.807, 2.05) is 25.1 Å². The van der Waals surface area contributed by atoms with Crippen LogP contribution < -0.4 is 9.47 Å². The first kappa shape index (κ1) is 10.7. The van der Waals surface area contributed by atoms with Crippen molar-refractivity contribution in [2.75, 3.05) is 14.2 Å². The number of rotatable bonds is 3. The van der Waals surface area contributed by atoms with E-state index in [0.717, 1.165) is 28.9 Å². The third-order valence-corrected chi connectivity index (χ3v) is 2.44. The minimum Gasteiger partial charge on any atom is -0.497 e. The first-order chi connectivity index (χ1) is 7.78. The molecular weight excluding hydrogens is 204 g/mol. The summed E-state index contributed by atoms with van der Waals surface area (Å²) in [7, 11) is 3.25. The van der Waals surface area contributed by atoms with Crippen molar-refractivity contribution in [1.29, 1.82) is 0 Å². The summed E-state index contributed by atoms with van der Waals surface area (Å²) in [6, 6.07) is 5.62. The Bertz CT molecular complexity index is 512. The van der Waals surface area contributed by atoms with Crippen molar-refractivity contribution in [1.82, 2.24) is 9.97 Å². The molecule has 0 fully saturated rings. The van der Waals surface area contributed by atoms with E-state index in [-0.39, 0.29) is 0 Å². The zero-order valence-electron chi connectivity index (χ0n) is 9.65. The fourth-order valence-corrected chi connectivity index (χ4v) is 1.58. The minimum absolute atomic E-state index is 0.597. The molecule has 0 bridgehead atoms. The maximum absolute atomic E-state index is 5.20. The van der Waals surface area contributed by atoms with Crippen LogP contribution in [0.25, 0.3) is 11.0 Å². The van der Waals surface area contributed by atoms with Crippen LogP contribution in [0.4, 0.5) is 0 Å². The van der Waals surface area contributed by atoms with E-state index in [1.54, 1.807) is 14.2 Å². The van der Waals surface area contributed by atoms with Gasteiger partial charge in [0.15, 0.2) is 0 Å². The summed E-state index contributed by atoms with van der Waals surface area (Å²) in [6.07, 6.45) is 0.795. The highest BCUT2D eigenvalue weighted by atomic mass is 16.5. The molecule has 0 saturated heterocycles. The van der Waals surface area contributed by atoms with Gasteiger partial charge in [-0.25, -0.2) is 9.97 Å². The van der Waals surface area contributed by atoms with Crippen molar-refractivity contribution in [3.05, 3.63) is 23.9 Å². The second-order valence-electron chi connectivity index (χ2n) is 3.39. The van der Waals surface area contributed by atoms with Gasteiger partial charge in [0.2, 0.25) is 5.88 Å². The maximum atomic E-state index is 5.20. The smallest absolute Gasteiger partial charge is 0.235 e. The standard InChI is InChI=1S/C12H14N2O2/c1-4-9-12(16-3)14-10-6-5-8(15-2)7-11(10)13-9/h5-7H,4H2,1-3H3. The van der Waals surface area contributed by atoms with Gasteiger partial charge in [-0.05, 0) is 18.6 Å². The van der Waals surface area contributed by atoms with Crippen LogP contribution in [0, 0.1) is 0 Å². The molecule has 0 saturated carbocycles. The zero-order chi connectivity index (χ0) is 11.5. The number of hydrogen-bond donors (Lipinski definition) is 0. The lowest BCUT2D eigenvalue weighted by atomic mass is 10.2. The molecule has 2 aromatic rings. The summed E-state index contributed by atoms with van der Waals surface area (Å²) in [4.78, 5) is 8.91. The molecule has 0 N–H and O–H groups in total. The van der Waals surface area contributed by atoms with Gasteiger partial charge < -0.3 is 9.47 Å². The number of aryl methyl sites for hydroxylation is 1. The molecule has 0 aliphatic rings. The van der Waals surface area contributed by atoms with Crippen LogP contribution >= 0.6 is 0 Å². The highest BCUT2D eigenvalue weighted by molar-refractivity contribution is 5.76. The lowest BCUT2D eigenvalue weighted by Crippen LogP contribution is -1.98. The van der Waals surface area contributed by atoms with E-state index in [1.165, 1.54) is 0 Å². The zero-order valence-corrected chi connectivity index (χ0v) is 9.65. The Hall–Kier alpha value is -1.84. The van der Waals surface area contributed by atoms with Gasteiger partial charge in [-0.15, -0.1) is 0 Å². The number of hydrogen-bond acceptors (Lipinski definition) is 4. The maximum Gasteiger partial charge on any atom is 0.235 e. The van der Waals surface area contributed by atoms with Gasteiger partial charge in [0.1, 0.15) is 11.4 Å².